The van der Waals surface area contributed by atoms with Crippen LogP contribution in [0.1, 0.15) is 57.5 Å². The van der Waals surface area contributed by atoms with Gasteiger partial charge in [0.25, 0.3) is 0 Å². The molecule has 2 saturated heterocycles. The summed E-state index contributed by atoms with van der Waals surface area (Å²) in [6, 6.07) is 5.09. The Kier molecular flexibility index (Phi) is 6.99. The van der Waals surface area contributed by atoms with Gasteiger partial charge in [0, 0.05) is 36.7 Å². The quantitative estimate of drug-likeness (QED) is 0.424. The lowest BCUT2D eigenvalue weighted by atomic mass is 9.91. The molecule has 0 spiro atoms. The molecule has 2 aliphatic heterocycles. The molecule has 2 fully saturated rings. The molecular weight excluding hydrogens is 406 g/mol. The summed E-state index contributed by atoms with van der Waals surface area (Å²) in [4.78, 5) is 15.4. The van der Waals surface area contributed by atoms with Crippen molar-refractivity contribution in [1.82, 2.24) is 20.2 Å². The van der Waals surface area contributed by atoms with E-state index in [-0.39, 0.29) is 0 Å². The summed E-state index contributed by atoms with van der Waals surface area (Å²) in [6.07, 6.45) is 9.23. The second-order valence-electron chi connectivity index (χ2n) is 9.22. The molecule has 174 valence electrons. The molecule has 1 aromatic carbocycles. The van der Waals surface area contributed by atoms with E-state index < -0.39 is 0 Å². The zero-order chi connectivity index (χ0) is 23.5. The third-order valence-electron chi connectivity index (χ3n) is 7.14. The number of nitrogens with zero attached hydrogens (tertiary/aromatic N) is 3. The Morgan fingerprint density at radius 1 is 1.30 bits per heavy atom. The fraction of sp³-hybridized carbons (Fsp3) is 0.429. The molecule has 2 aliphatic rings. The maximum atomic E-state index is 4.96. The number of aromatic amines is 1. The molecule has 5 heteroatoms. The number of rotatable bonds is 7. The minimum absolute atomic E-state index is 0.601. The number of aliphatic imine (C=N–C) groups is 1. The number of aryl methyl sites for hydroxylation is 1. The Morgan fingerprint density at radius 2 is 2.12 bits per heavy atom. The number of hydrogen-bond donors (Lipinski definition) is 2. The number of benzene rings is 1. The molecule has 0 bridgehead atoms. The van der Waals surface area contributed by atoms with E-state index >= 15 is 0 Å². The van der Waals surface area contributed by atoms with Gasteiger partial charge >= 0.3 is 0 Å². The molecule has 2 aromatic rings. The average Bonchev–Trinajstić information content (AvgIpc) is 3.47. The van der Waals surface area contributed by atoms with Crippen molar-refractivity contribution >= 4 is 28.5 Å². The van der Waals surface area contributed by atoms with E-state index in [0.717, 1.165) is 71.4 Å². The Bertz CT molecular complexity index is 1150. The van der Waals surface area contributed by atoms with Crippen molar-refractivity contribution in [3.63, 3.8) is 0 Å². The third-order valence-corrected chi connectivity index (χ3v) is 7.14. The molecule has 3 heterocycles. The largest absolute Gasteiger partial charge is 0.370 e. The van der Waals surface area contributed by atoms with Crippen molar-refractivity contribution < 1.29 is 0 Å². The van der Waals surface area contributed by atoms with Crippen LogP contribution in [0.4, 0.5) is 0 Å². The Balaban J connectivity index is 1.65. The lowest BCUT2D eigenvalue weighted by molar-refractivity contribution is 0.231. The van der Waals surface area contributed by atoms with Gasteiger partial charge in [0.05, 0.1) is 11.0 Å². The monoisotopic (exact) mass is 443 g/mol. The normalized spacial score (nSPS) is 22.1. The number of allylic oxidation sites excluding steroid dienone is 5. The zero-order valence-electron chi connectivity index (χ0n) is 20.5. The minimum atomic E-state index is 0.601. The number of imidazole rings is 1. The standard InChI is InChI=1S/C28H37N5/c1-7-21(19(5)29-9-3)14-18(4)28-31-25-16-24(15-22(8-2)27(25)32-28)20(6)33-13-11-23-10-12-30-26(23)17-33/h7,9,14-16,23,26,30H,1,6,8,10-13,17H2,2-5H3,(H,31,32)/b18-14+,21-19+,29-9?/t23-,26?/m1/s1. The van der Waals surface area contributed by atoms with Crippen molar-refractivity contribution in [2.24, 2.45) is 10.9 Å². The van der Waals surface area contributed by atoms with Gasteiger partial charge in [-0.3, -0.25) is 4.99 Å². The Morgan fingerprint density at radius 3 is 2.85 bits per heavy atom. The van der Waals surface area contributed by atoms with Crippen molar-refractivity contribution in [3.8, 4) is 0 Å². The molecule has 4 rings (SSSR count). The van der Waals surface area contributed by atoms with Gasteiger partial charge in [-0.25, -0.2) is 4.98 Å². The molecule has 0 radical (unpaired) electrons. The molecule has 0 aliphatic carbocycles. The lowest BCUT2D eigenvalue weighted by Crippen LogP contribution is -2.45. The maximum absolute atomic E-state index is 4.96. The Hall–Kier alpha value is -2.92. The SMILES string of the molecule is C=CC(/C=C(\C)c1nc2c(CC)cc(C(=C)N3CC[C@H]4CCNC4C3)cc2[nH]1)=C(/C)N=CC. The molecular formula is C28H37N5. The molecule has 2 atom stereocenters. The average molecular weight is 444 g/mol. The van der Waals surface area contributed by atoms with Gasteiger partial charge in [0.1, 0.15) is 5.82 Å². The first-order chi connectivity index (χ1) is 15.9. The van der Waals surface area contributed by atoms with E-state index in [1.807, 2.05) is 19.9 Å². The van der Waals surface area contributed by atoms with Crippen LogP contribution in [-0.4, -0.2) is 46.8 Å². The topological polar surface area (TPSA) is 56.3 Å². The fourth-order valence-electron chi connectivity index (χ4n) is 5.15. The number of hydrogen-bond acceptors (Lipinski definition) is 4. The number of fused-ring (bicyclic) bond motifs is 2. The van der Waals surface area contributed by atoms with Gasteiger partial charge in [-0.1, -0.05) is 26.2 Å². The first-order valence-corrected chi connectivity index (χ1v) is 12.2. The van der Waals surface area contributed by atoms with Crippen molar-refractivity contribution in [2.45, 2.75) is 53.0 Å². The van der Waals surface area contributed by atoms with Crippen LogP contribution in [0.15, 0.2) is 53.7 Å². The molecule has 5 nitrogen and oxygen atoms in total. The van der Waals surface area contributed by atoms with Crippen LogP contribution in [0.2, 0.25) is 0 Å². The van der Waals surface area contributed by atoms with Crippen LogP contribution in [0.5, 0.6) is 0 Å². The smallest absolute Gasteiger partial charge is 0.134 e. The van der Waals surface area contributed by atoms with Gasteiger partial charge in [0.15, 0.2) is 0 Å². The second kappa shape index (κ2) is 9.92. The van der Waals surface area contributed by atoms with Gasteiger partial charge < -0.3 is 15.2 Å². The van der Waals surface area contributed by atoms with E-state index in [4.69, 9.17) is 4.98 Å². The summed E-state index contributed by atoms with van der Waals surface area (Å²) in [5, 5.41) is 3.67. The summed E-state index contributed by atoms with van der Waals surface area (Å²) < 4.78 is 0. The minimum Gasteiger partial charge on any atom is -0.370 e. The van der Waals surface area contributed by atoms with Gasteiger partial charge in [-0.15, -0.1) is 0 Å². The maximum Gasteiger partial charge on any atom is 0.134 e. The number of aromatic nitrogens is 2. The first kappa shape index (κ1) is 23.2. The van der Waals surface area contributed by atoms with E-state index in [9.17, 15) is 0 Å². The van der Waals surface area contributed by atoms with E-state index in [2.05, 4.69) is 65.4 Å². The van der Waals surface area contributed by atoms with Crippen LogP contribution in [0, 0.1) is 5.92 Å². The molecule has 0 amide bonds. The predicted octanol–water partition coefficient (Wildman–Crippen LogP) is 5.73. The Labute approximate surface area is 198 Å². The highest BCUT2D eigenvalue weighted by Gasteiger charge is 2.33. The van der Waals surface area contributed by atoms with E-state index in [1.54, 1.807) is 6.21 Å². The number of H-pyrrole nitrogens is 1. The summed E-state index contributed by atoms with van der Waals surface area (Å²) in [5.74, 6) is 1.71. The van der Waals surface area contributed by atoms with Crippen LogP contribution in [-0.2, 0) is 6.42 Å². The second-order valence-corrected chi connectivity index (χ2v) is 9.22. The molecule has 1 unspecified atom stereocenters. The van der Waals surface area contributed by atoms with Crippen LogP contribution in [0.3, 0.4) is 0 Å². The first-order valence-electron chi connectivity index (χ1n) is 12.2. The van der Waals surface area contributed by atoms with E-state index in [1.165, 1.54) is 24.0 Å². The van der Waals surface area contributed by atoms with Gasteiger partial charge in [-0.2, -0.15) is 0 Å². The number of nitrogens with one attached hydrogen (secondary N) is 2. The summed E-state index contributed by atoms with van der Waals surface area (Å²) in [7, 11) is 0. The van der Waals surface area contributed by atoms with Crippen molar-refractivity contribution in [1.29, 1.82) is 0 Å². The predicted molar refractivity (Wildman–Crippen MR) is 141 cm³/mol. The van der Waals surface area contributed by atoms with Crippen LogP contribution in [0.25, 0.3) is 22.3 Å². The summed E-state index contributed by atoms with van der Waals surface area (Å²) >= 11 is 0. The highest BCUT2D eigenvalue weighted by molar-refractivity contribution is 5.85. The zero-order valence-corrected chi connectivity index (χ0v) is 20.5. The van der Waals surface area contributed by atoms with Crippen LogP contribution < -0.4 is 5.32 Å². The molecule has 0 saturated carbocycles. The van der Waals surface area contributed by atoms with Crippen molar-refractivity contribution in [2.75, 3.05) is 19.6 Å². The highest BCUT2D eigenvalue weighted by atomic mass is 15.2. The lowest BCUT2D eigenvalue weighted by Gasteiger charge is -2.37. The number of likely N-dealkylation sites (tertiary alicyclic amines) is 1. The van der Waals surface area contributed by atoms with Gasteiger partial charge in [0.2, 0.25) is 0 Å². The molecule has 33 heavy (non-hydrogen) atoms. The van der Waals surface area contributed by atoms with Gasteiger partial charge in [-0.05, 0) is 93.0 Å². The highest BCUT2D eigenvalue weighted by Crippen LogP contribution is 2.32. The summed E-state index contributed by atoms with van der Waals surface area (Å²) in [6.45, 7) is 19.9. The fourth-order valence-corrected chi connectivity index (χ4v) is 5.15. The van der Waals surface area contributed by atoms with Crippen LogP contribution >= 0.6 is 0 Å². The summed E-state index contributed by atoms with van der Waals surface area (Å²) in [5.41, 5.74) is 8.66. The van der Waals surface area contributed by atoms with E-state index in [0.29, 0.717) is 6.04 Å². The molecule has 2 N–H and O–H groups in total. The molecule has 1 aromatic heterocycles. The number of piperidine rings is 1. The third kappa shape index (κ3) is 4.74. The van der Waals surface area contributed by atoms with Crippen molar-refractivity contribution in [3.05, 3.63) is 65.7 Å².